The second-order valence-electron chi connectivity index (χ2n) is 7.43. The van der Waals surface area contributed by atoms with Crippen LogP contribution in [-0.2, 0) is 4.79 Å². The van der Waals surface area contributed by atoms with Crippen LogP contribution in [0.25, 0.3) is 10.8 Å². The number of rotatable bonds is 10. The van der Waals surface area contributed by atoms with Crippen LogP contribution in [0.2, 0.25) is 0 Å². The van der Waals surface area contributed by atoms with Gasteiger partial charge in [-0.15, -0.1) is 0 Å². The Kier molecular flexibility index (Phi) is 7.50. The first kappa shape index (κ1) is 22.2. The largest absolute Gasteiger partial charge is 0.389 e. The van der Waals surface area contributed by atoms with Crippen LogP contribution in [0.3, 0.4) is 0 Å². The quantitative estimate of drug-likeness (QED) is 0.371. The molecule has 1 heterocycles. The third kappa shape index (κ3) is 6.23. The van der Waals surface area contributed by atoms with Crippen molar-refractivity contribution in [3.63, 3.8) is 0 Å². The summed E-state index contributed by atoms with van der Waals surface area (Å²) in [5, 5.41) is 23.4. The van der Waals surface area contributed by atoms with Crippen LogP contribution >= 0.6 is 0 Å². The van der Waals surface area contributed by atoms with Crippen molar-refractivity contribution in [3.8, 4) is 0 Å². The average Bonchev–Trinajstić information content (AvgIpc) is 2.77. The molecule has 0 saturated heterocycles. The number of nitrogens with one attached hydrogen (secondary N) is 3. The van der Waals surface area contributed by atoms with Gasteiger partial charge in [0.25, 0.3) is 5.56 Å². The molecule has 2 aromatic carbocycles. The second kappa shape index (κ2) is 10.5. The third-order valence-electron chi connectivity index (χ3n) is 4.88. The summed E-state index contributed by atoms with van der Waals surface area (Å²) in [5.74, 6) is 0.250. The number of Topliss-reactive ketones (excluding diaryl/α,β-unsaturated/α-hetero) is 1. The van der Waals surface area contributed by atoms with Gasteiger partial charge in [-0.2, -0.15) is 5.10 Å². The van der Waals surface area contributed by atoms with Crippen LogP contribution in [0.15, 0.2) is 53.3 Å². The number of ketones is 1. The Bertz CT molecular complexity index is 1130. The van der Waals surface area contributed by atoms with E-state index in [4.69, 9.17) is 0 Å². The van der Waals surface area contributed by atoms with Gasteiger partial charge in [0.1, 0.15) is 0 Å². The molecule has 0 spiro atoms. The topological polar surface area (TPSA) is 124 Å². The van der Waals surface area contributed by atoms with Crippen molar-refractivity contribution in [1.29, 1.82) is 0 Å². The highest BCUT2D eigenvalue weighted by Gasteiger charge is 2.11. The van der Waals surface area contributed by atoms with Crippen LogP contribution in [-0.4, -0.2) is 46.2 Å². The molecule has 4 N–H and O–H groups in total. The Hall–Kier alpha value is -3.52. The summed E-state index contributed by atoms with van der Waals surface area (Å²) >= 11 is 0. The minimum atomic E-state index is -0.842. The molecule has 3 aromatic rings. The van der Waals surface area contributed by atoms with E-state index in [1.165, 1.54) is 0 Å². The van der Waals surface area contributed by atoms with E-state index in [-0.39, 0.29) is 36.8 Å². The van der Waals surface area contributed by atoms with Crippen LogP contribution < -0.4 is 16.2 Å². The van der Waals surface area contributed by atoms with E-state index in [0.29, 0.717) is 35.0 Å². The molecule has 3 rings (SSSR count). The van der Waals surface area contributed by atoms with E-state index in [9.17, 15) is 19.5 Å². The number of aryl methyl sites for hydroxylation is 1. The Morgan fingerprint density at radius 3 is 2.61 bits per heavy atom. The highest BCUT2D eigenvalue weighted by atomic mass is 16.3. The minimum absolute atomic E-state index is 0.0152. The summed E-state index contributed by atoms with van der Waals surface area (Å²) < 4.78 is 0. The van der Waals surface area contributed by atoms with E-state index < -0.39 is 6.10 Å². The van der Waals surface area contributed by atoms with Gasteiger partial charge in [-0.05, 0) is 25.5 Å². The number of amides is 1. The van der Waals surface area contributed by atoms with Crippen molar-refractivity contribution in [1.82, 2.24) is 15.5 Å². The molecule has 1 unspecified atom stereocenters. The number of nitrogens with zero attached hydrogens (tertiary/aromatic N) is 1. The molecule has 1 amide bonds. The Morgan fingerprint density at radius 1 is 1.06 bits per heavy atom. The number of carbonyl (C=O) groups excluding carboxylic acids is 2. The molecule has 8 nitrogen and oxygen atoms in total. The number of hydrogen-bond acceptors (Lipinski definition) is 6. The molecule has 0 aliphatic rings. The van der Waals surface area contributed by atoms with E-state index >= 15 is 0 Å². The summed E-state index contributed by atoms with van der Waals surface area (Å²) in [4.78, 5) is 36.0. The highest BCUT2D eigenvalue weighted by Crippen LogP contribution is 2.16. The molecular formula is C23H26N4O4. The molecule has 1 aromatic heterocycles. The molecule has 0 bridgehead atoms. The summed E-state index contributed by atoms with van der Waals surface area (Å²) in [7, 11) is 0. The van der Waals surface area contributed by atoms with Gasteiger partial charge >= 0.3 is 0 Å². The maximum absolute atomic E-state index is 12.2. The van der Waals surface area contributed by atoms with E-state index in [1.807, 2.05) is 25.1 Å². The Morgan fingerprint density at radius 2 is 1.84 bits per heavy atom. The molecule has 8 heteroatoms. The zero-order valence-electron chi connectivity index (χ0n) is 17.4. The standard InChI is InChI=1S/C23H26N4O4/c1-15-6-4-7-16(12-15)20(29)10-5-11-21(30)24-13-17(28)14-25-22-18-8-2-3-9-19(18)23(31)27-26-22/h2-4,6-9,12,17,28H,5,10-11,13-14H2,1H3,(H,24,30)(H,25,26)(H,27,31). The minimum Gasteiger partial charge on any atom is -0.389 e. The number of benzene rings is 2. The van der Waals surface area contributed by atoms with E-state index in [1.54, 1.807) is 30.3 Å². The van der Waals surface area contributed by atoms with E-state index in [0.717, 1.165) is 5.56 Å². The number of anilines is 1. The van der Waals surface area contributed by atoms with Crippen molar-refractivity contribution < 1.29 is 14.7 Å². The van der Waals surface area contributed by atoms with Crippen LogP contribution in [0, 0.1) is 6.92 Å². The Balaban J connectivity index is 1.39. The first-order chi connectivity index (χ1) is 14.9. The number of H-pyrrole nitrogens is 1. The monoisotopic (exact) mass is 422 g/mol. The van der Waals surface area contributed by atoms with Gasteiger partial charge in [0.15, 0.2) is 11.6 Å². The maximum Gasteiger partial charge on any atom is 0.272 e. The van der Waals surface area contributed by atoms with Crippen LogP contribution in [0.1, 0.15) is 35.2 Å². The van der Waals surface area contributed by atoms with Crippen LogP contribution in [0.5, 0.6) is 0 Å². The number of aromatic amines is 1. The van der Waals surface area contributed by atoms with Gasteiger partial charge in [-0.1, -0.05) is 42.0 Å². The molecule has 0 aliphatic carbocycles. The van der Waals surface area contributed by atoms with Crippen molar-refractivity contribution in [2.75, 3.05) is 18.4 Å². The van der Waals surface area contributed by atoms with Gasteiger partial charge < -0.3 is 15.7 Å². The molecule has 0 radical (unpaired) electrons. The van der Waals surface area contributed by atoms with E-state index in [2.05, 4.69) is 20.8 Å². The predicted molar refractivity (Wildman–Crippen MR) is 119 cm³/mol. The highest BCUT2D eigenvalue weighted by molar-refractivity contribution is 5.96. The molecule has 31 heavy (non-hydrogen) atoms. The lowest BCUT2D eigenvalue weighted by Crippen LogP contribution is -2.36. The first-order valence-electron chi connectivity index (χ1n) is 10.2. The number of hydrogen-bond donors (Lipinski definition) is 4. The predicted octanol–water partition coefficient (Wildman–Crippen LogP) is 2.17. The summed E-state index contributed by atoms with van der Waals surface area (Å²) in [6.45, 7) is 2.15. The summed E-state index contributed by atoms with van der Waals surface area (Å²) in [6, 6.07) is 14.4. The summed E-state index contributed by atoms with van der Waals surface area (Å²) in [6.07, 6.45) is 0.112. The normalized spacial score (nSPS) is 11.8. The van der Waals surface area contributed by atoms with Gasteiger partial charge in [0.05, 0.1) is 11.5 Å². The fourth-order valence-corrected chi connectivity index (χ4v) is 3.23. The van der Waals surface area contributed by atoms with Gasteiger partial charge in [0.2, 0.25) is 5.91 Å². The molecule has 162 valence electrons. The van der Waals surface area contributed by atoms with Gasteiger partial charge in [0, 0.05) is 36.9 Å². The molecule has 0 saturated carbocycles. The number of aromatic nitrogens is 2. The van der Waals surface area contributed by atoms with Crippen LogP contribution in [0.4, 0.5) is 5.82 Å². The SMILES string of the molecule is Cc1cccc(C(=O)CCCC(=O)NCC(O)CNc2n[nH]c(=O)c3ccccc23)c1. The smallest absolute Gasteiger partial charge is 0.272 e. The van der Waals surface area contributed by atoms with Crippen molar-refractivity contribution in [2.24, 2.45) is 0 Å². The number of carbonyl (C=O) groups is 2. The lowest BCUT2D eigenvalue weighted by molar-refractivity contribution is -0.121. The lowest BCUT2D eigenvalue weighted by atomic mass is 10.0. The maximum atomic E-state index is 12.2. The fraction of sp³-hybridized carbons (Fsp3) is 0.304. The second-order valence-corrected chi connectivity index (χ2v) is 7.43. The number of aliphatic hydroxyl groups is 1. The fourth-order valence-electron chi connectivity index (χ4n) is 3.23. The zero-order valence-corrected chi connectivity index (χ0v) is 17.4. The lowest BCUT2D eigenvalue weighted by Gasteiger charge is -2.14. The number of fused-ring (bicyclic) bond motifs is 1. The Labute approximate surface area is 179 Å². The van der Waals surface area contributed by atoms with Gasteiger partial charge in [-0.3, -0.25) is 14.4 Å². The zero-order chi connectivity index (χ0) is 22.2. The molecular weight excluding hydrogens is 396 g/mol. The average molecular weight is 422 g/mol. The van der Waals surface area contributed by atoms with Crippen molar-refractivity contribution in [2.45, 2.75) is 32.3 Å². The van der Waals surface area contributed by atoms with Crippen molar-refractivity contribution >= 4 is 28.3 Å². The molecule has 0 fully saturated rings. The third-order valence-corrected chi connectivity index (χ3v) is 4.88. The first-order valence-corrected chi connectivity index (χ1v) is 10.2. The molecule has 0 aliphatic heterocycles. The van der Waals surface area contributed by atoms with Gasteiger partial charge in [-0.25, -0.2) is 5.10 Å². The van der Waals surface area contributed by atoms with Crippen molar-refractivity contribution in [3.05, 3.63) is 70.0 Å². The summed E-state index contributed by atoms with van der Waals surface area (Å²) in [5.41, 5.74) is 1.40. The molecule has 1 atom stereocenters. The number of aliphatic hydroxyl groups excluding tert-OH is 1.